The van der Waals surface area contributed by atoms with Gasteiger partial charge >= 0.3 is 0 Å². The molecule has 6 heteroatoms. The van der Waals surface area contributed by atoms with E-state index in [-0.39, 0.29) is 25.3 Å². The molecule has 0 aliphatic carbocycles. The number of rotatable bonds is 7. The van der Waals surface area contributed by atoms with E-state index in [1.54, 1.807) is 21.6 Å². The van der Waals surface area contributed by atoms with Crippen LogP contribution in [-0.2, 0) is 0 Å². The zero-order chi connectivity index (χ0) is 9.40. The van der Waals surface area contributed by atoms with Crippen LogP contribution in [0.25, 0.3) is 0 Å². The standard InChI is InChI=1S/C6H16N2O2S2/c7-5(1-9)3-11-12-4-6(8)2-10/h5-6,9-10H,1-4,7-8H2. The molecular formula is C6H16N2O2S2. The maximum atomic E-state index is 8.58. The topological polar surface area (TPSA) is 92.5 Å². The highest BCUT2D eigenvalue weighted by molar-refractivity contribution is 8.76. The van der Waals surface area contributed by atoms with Crippen LogP contribution in [0.4, 0.5) is 0 Å². The Kier molecular flexibility index (Phi) is 8.52. The van der Waals surface area contributed by atoms with Crippen LogP contribution in [-0.4, -0.2) is 47.0 Å². The summed E-state index contributed by atoms with van der Waals surface area (Å²) in [5, 5.41) is 17.2. The second-order valence-corrected chi connectivity index (χ2v) is 5.01. The smallest absolute Gasteiger partial charge is 0.0590 e. The van der Waals surface area contributed by atoms with Gasteiger partial charge in [0.1, 0.15) is 0 Å². The summed E-state index contributed by atoms with van der Waals surface area (Å²) in [5.74, 6) is 1.42. The zero-order valence-corrected chi connectivity index (χ0v) is 8.48. The molecule has 12 heavy (non-hydrogen) atoms. The number of hydrogen-bond acceptors (Lipinski definition) is 6. The van der Waals surface area contributed by atoms with Crippen LogP contribution < -0.4 is 11.5 Å². The zero-order valence-electron chi connectivity index (χ0n) is 6.85. The monoisotopic (exact) mass is 212 g/mol. The van der Waals surface area contributed by atoms with Gasteiger partial charge < -0.3 is 21.7 Å². The molecule has 0 aromatic heterocycles. The molecule has 0 bridgehead atoms. The normalized spacial score (nSPS) is 16.0. The Morgan fingerprint density at radius 3 is 1.50 bits per heavy atom. The van der Waals surface area contributed by atoms with Crippen molar-refractivity contribution >= 4 is 21.6 Å². The lowest BCUT2D eigenvalue weighted by molar-refractivity contribution is 0.275. The molecule has 0 amide bonds. The average molecular weight is 212 g/mol. The largest absolute Gasteiger partial charge is 0.395 e. The van der Waals surface area contributed by atoms with Gasteiger partial charge in [-0.2, -0.15) is 0 Å². The second kappa shape index (κ2) is 8.15. The molecule has 0 aliphatic heterocycles. The van der Waals surface area contributed by atoms with Crippen molar-refractivity contribution < 1.29 is 10.2 Å². The van der Waals surface area contributed by atoms with E-state index in [0.29, 0.717) is 11.5 Å². The van der Waals surface area contributed by atoms with Gasteiger partial charge in [0.25, 0.3) is 0 Å². The molecule has 6 N–H and O–H groups in total. The Bertz CT molecular complexity index is 95.5. The number of aliphatic hydroxyl groups excluding tert-OH is 2. The van der Waals surface area contributed by atoms with Crippen LogP contribution in [0.15, 0.2) is 0 Å². The number of nitrogens with two attached hydrogens (primary N) is 2. The summed E-state index contributed by atoms with van der Waals surface area (Å²) in [5.41, 5.74) is 10.9. The van der Waals surface area contributed by atoms with E-state index < -0.39 is 0 Å². The minimum Gasteiger partial charge on any atom is -0.395 e. The Morgan fingerprint density at radius 2 is 1.25 bits per heavy atom. The third-order valence-corrected chi connectivity index (χ3v) is 3.73. The van der Waals surface area contributed by atoms with Crippen LogP contribution in [0, 0.1) is 0 Å². The third kappa shape index (κ3) is 7.20. The van der Waals surface area contributed by atoms with E-state index >= 15 is 0 Å². The lowest BCUT2D eigenvalue weighted by atomic mass is 10.4. The van der Waals surface area contributed by atoms with Gasteiger partial charge in [-0.05, 0) is 0 Å². The van der Waals surface area contributed by atoms with Gasteiger partial charge in [0.05, 0.1) is 13.2 Å². The molecule has 0 aliphatic rings. The molecule has 0 aromatic rings. The molecular weight excluding hydrogens is 196 g/mol. The molecule has 0 rings (SSSR count). The molecule has 2 unspecified atom stereocenters. The first-order valence-electron chi connectivity index (χ1n) is 3.68. The van der Waals surface area contributed by atoms with E-state index in [9.17, 15) is 0 Å². The fraction of sp³-hybridized carbons (Fsp3) is 1.00. The van der Waals surface area contributed by atoms with Crippen molar-refractivity contribution in [2.75, 3.05) is 24.7 Å². The first-order chi connectivity index (χ1) is 5.70. The highest BCUT2D eigenvalue weighted by atomic mass is 33.1. The van der Waals surface area contributed by atoms with E-state index in [4.69, 9.17) is 21.7 Å². The molecule has 0 aromatic carbocycles. The molecule has 0 saturated carbocycles. The first-order valence-corrected chi connectivity index (χ1v) is 6.16. The maximum absolute atomic E-state index is 8.58. The van der Waals surface area contributed by atoms with Gasteiger partial charge in [0.15, 0.2) is 0 Å². The van der Waals surface area contributed by atoms with Crippen molar-refractivity contribution in [2.24, 2.45) is 11.5 Å². The van der Waals surface area contributed by atoms with E-state index in [2.05, 4.69) is 0 Å². The predicted octanol–water partition coefficient (Wildman–Crippen LogP) is -0.993. The summed E-state index contributed by atoms with van der Waals surface area (Å²) in [7, 11) is 3.14. The summed E-state index contributed by atoms with van der Waals surface area (Å²) >= 11 is 0. The van der Waals surface area contributed by atoms with Crippen molar-refractivity contribution in [1.29, 1.82) is 0 Å². The number of aliphatic hydroxyl groups is 2. The quantitative estimate of drug-likeness (QED) is 0.320. The van der Waals surface area contributed by atoms with Crippen LogP contribution in [0.1, 0.15) is 0 Å². The number of hydrogen-bond donors (Lipinski definition) is 4. The molecule has 2 atom stereocenters. The first kappa shape index (κ1) is 12.5. The van der Waals surface area contributed by atoms with Gasteiger partial charge in [0, 0.05) is 23.6 Å². The Morgan fingerprint density at radius 1 is 0.917 bits per heavy atom. The van der Waals surface area contributed by atoms with Crippen LogP contribution in [0.3, 0.4) is 0 Å². The van der Waals surface area contributed by atoms with Crippen molar-refractivity contribution in [2.45, 2.75) is 12.1 Å². The van der Waals surface area contributed by atoms with Gasteiger partial charge in [-0.1, -0.05) is 21.6 Å². The van der Waals surface area contributed by atoms with Crippen LogP contribution in [0.2, 0.25) is 0 Å². The lowest BCUT2D eigenvalue weighted by Gasteiger charge is -2.08. The minimum absolute atomic E-state index is 0.0135. The highest BCUT2D eigenvalue weighted by Crippen LogP contribution is 2.21. The molecule has 0 saturated heterocycles. The molecule has 0 fully saturated rings. The van der Waals surface area contributed by atoms with E-state index in [1.807, 2.05) is 0 Å². The highest BCUT2D eigenvalue weighted by Gasteiger charge is 2.03. The fourth-order valence-corrected chi connectivity index (χ4v) is 2.76. The molecule has 0 heterocycles. The summed E-state index contributed by atoms with van der Waals surface area (Å²) in [6, 6.07) is -0.319. The van der Waals surface area contributed by atoms with Crippen molar-refractivity contribution in [1.82, 2.24) is 0 Å². The minimum atomic E-state index is -0.159. The average Bonchev–Trinajstić information content (AvgIpc) is 2.11. The second-order valence-electron chi connectivity index (χ2n) is 2.45. The summed E-state index contributed by atoms with van der Waals surface area (Å²) in [6.45, 7) is 0.0270. The van der Waals surface area contributed by atoms with E-state index in [1.165, 1.54) is 0 Å². The fourth-order valence-electron chi connectivity index (χ4n) is 0.376. The van der Waals surface area contributed by atoms with Crippen molar-refractivity contribution in [3.8, 4) is 0 Å². The van der Waals surface area contributed by atoms with Crippen LogP contribution in [0.5, 0.6) is 0 Å². The van der Waals surface area contributed by atoms with E-state index in [0.717, 1.165) is 0 Å². The van der Waals surface area contributed by atoms with Crippen LogP contribution >= 0.6 is 21.6 Å². The molecule has 4 nitrogen and oxygen atoms in total. The predicted molar refractivity (Wildman–Crippen MR) is 55.0 cm³/mol. The Hall–Kier alpha value is 0.540. The van der Waals surface area contributed by atoms with Crippen molar-refractivity contribution in [3.05, 3.63) is 0 Å². The SMILES string of the molecule is NC(CO)CSSCC(N)CO. The summed E-state index contributed by atoms with van der Waals surface area (Å²) in [6.07, 6.45) is 0. The summed E-state index contributed by atoms with van der Waals surface area (Å²) < 4.78 is 0. The van der Waals surface area contributed by atoms with Gasteiger partial charge in [-0.15, -0.1) is 0 Å². The van der Waals surface area contributed by atoms with Gasteiger partial charge in [0.2, 0.25) is 0 Å². The lowest BCUT2D eigenvalue weighted by Crippen LogP contribution is -2.28. The molecule has 74 valence electrons. The third-order valence-electron chi connectivity index (χ3n) is 1.12. The molecule has 0 spiro atoms. The Balaban J connectivity index is 3.10. The van der Waals surface area contributed by atoms with Crippen molar-refractivity contribution in [3.63, 3.8) is 0 Å². The Labute approximate surface area is 80.5 Å². The molecule has 0 radical (unpaired) electrons. The maximum Gasteiger partial charge on any atom is 0.0590 e. The van der Waals surface area contributed by atoms with Gasteiger partial charge in [-0.3, -0.25) is 0 Å². The van der Waals surface area contributed by atoms with Gasteiger partial charge in [-0.25, -0.2) is 0 Å². The summed E-state index contributed by atoms with van der Waals surface area (Å²) in [4.78, 5) is 0.